The average molecular weight is 621 g/mol. The van der Waals surface area contributed by atoms with Crippen LogP contribution in [0.5, 0.6) is 0 Å². The highest BCUT2D eigenvalue weighted by Gasteiger charge is 2.32. The molecule has 0 amide bonds. The molecule has 1 aliphatic heterocycles. The third-order valence-corrected chi connectivity index (χ3v) is 10.5. The van der Waals surface area contributed by atoms with Crippen molar-refractivity contribution in [1.29, 1.82) is 0 Å². The topological polar surface area (TPSA) is 107 Å². The van der Waals surface area contributed by atoms with E-state index in [2.05, 4.69) is 44.4 Å². The first-order valence-electron chi connectivity index (χ1n) is 15.0. The number of esters is 1. The smallest absolute Gasteiger partial charge is 0.306 e. The molecule has 0 saturated carbocycles. The normalized spacial score (nSPS) is 16.5. The summed E-state index contributed by atoms with van der Waals surface area (Å²) in [5, 5.41) is 8.60. The molecule has 44 heavy (non-hydrogen) atoms. The van der Waals surface area contributed by atoms with Crippen molar-refractivity contribution in [2.75, 3.05) is 52.3 Å². The van der Waals surface area contributed by atoms with Crippen LogP contribution in [0.1, 0.15) is 46.6 Å². The fourth-order valence-electron chi connectivity index (χ4n) is 5.92. The van der Waals surface area contributed by atoms with E-state index >= 15 is 0 Å². The molecule has 2 N–H and O–H groups in total. The summed E-state index contributed by atoms with van der Waals surface area (Å²) in [7, 11) is 4.62. The van der Waals surface area contributed by atoms with Gasteiger partial charge in [0.05, 0.1) is 29.1 Å². The number of nitrogens with zero attached hydrogens (tertiary/aromatic N) is 6. The van der Waals surface area contributed by atoms with Crippen molar-refractivity contribution >= 4 is 33.5 Å². The van der Waals surface area contributed by atoms with Crippen LogP contribution in [0.3, 0.4) is 0 Å². The number of hydrogen-bond donors (Lipinski definition) is 2. The van der Waals surface area contributed by atoms with Crippen LogP contribution in [-0.4, -0.2) is 86.7 Å². The highest BCUT2D eigenvalue weighted by atomic mass is 32.3. The Balaban J connectivity index is 1.49. The highest BCUT2D eigenvalue weighted by Crippen LogP contribution is 2.56. The summed E-state index contributed by atoms with van der Waals surface area (Å²) in [5.74, 6) is -0.533. The number of benzene rings is 3. The van der Waals surface area contributed by atoms with E-state index < -0.39 is 10.8 Å². The Morgan fingerprint density at radius 3 is 2.61 bits per heavy atom. The van der Waals surface area contributed by atoms with E-state index in [1.807, 2.05) is 66.3 Å². The molecule has 1 atom stereocenters. The predicted molar refractivity (Wildman–Crippen MR) is 176 cm³/mol. The van der Waals surface area contributed by atoms with Crippen molar-refractivity contribution in [3.05, 3.63) is 82.4 Å². The van der Waals surface area contributed by atoms with Gasteiger partial charge in [0.1, 0.15) is 5.52 Å². The molecule has 3 aromatic carbocycles. The lowest BCUT2D eigenvalue weighted by molar-refractivity contribution is -0.144. The summed E-state index contributed by atoms with van der Waals surface area (Å²) in [6.07, 6.45) is 0.942. The van der Waals surface area contributed by atoms with Crippen LogP contribution in [0.15, 0.2) is 59.5 Å². The highest BCUT2D eigenvalue weighted by molar-refractivity contribution is 8.22. The van der Waals surface area contributed by atoms with Crippen molar-refractivity contribution in [2.24, 2.45) is 7.05 Å². The van der Waals surface area contributed by atoms with E-state index in [0.29, 0.717) is 31.1 Å². The molecule has 0 spiro atoms. The zero-order chi connectivity index (χ0) is 31.6. The van der Waals surface area contributed by atoms with Gasteiger partial charge in [0.2, 0.25) is 0 Å². The number of rotatable bonds is 10. The largest absolute Gasteiger partial charge is 0.466 e. The summed E-state index contributed by atoms with van der Waals surface area (Å²) in [6, 6.07) is 17.8. The maximum atomic E-state index is 13.2. The second kappa shape index (κ2) is 13.3. The minimum absolute atomic E-state index is 0.175. The van der Waals surface area contributed by atoms with Gasteiger partial charge in [0.15, 0.2) is 0 Å². The first-order chi connectivity index (χ1) is 21.0. The summed E-state index contributed by atoms with van der Waals surface area (Å²) < 4.78 is 32.3. The maximum Gasteiger partial charge on any atom is 0.306 e. The Kier molecular flexibility index (Phi) is 9.62. The van der Waals surface area contributed by atoms with Crippen LogP contribution in [-0.2, 0) is 23.1 Å². The number of aromatic nitrogens is 3. The lowest BCUT2D eigenvalue weighted by Gasteiger charge is -2.42. The molecular weight excluding hydrogens is 576 g/mol. The second-order valence-corrected chi connectivity index (χ2v) is 13.9. The number of anilines is 1. The molecule has 5 rings (SSSR count). The number of likely N-dealkylation sites (N-methyl/N-ethyl adjacent to an activating group) is 1. The Hall–Kier alpha value is -3.48. The molecule has 0 aliphatic carbocycles. The Morgan fingerprint density at radius 1 is 1.07 bits per heavy atom. The summed E-state index contributed by atoms with van der Waals surface area (Å²) in [4.78, 5) is 17.9. The Morgan fingerprint density at radius 2 is 1.84 bits per heavy atom. The summed E-state index contributed by atoms with van der Waals surface area (Å²) in [6.45, 7) is 6.77. The molecule has 236 valence electrons. The monoisotopic (exact) mass is 620 g/mol. The van der Waals surface area contributed by atoms with Gasteiger partial charge < -0.3 is 14.5 Å². The van der Waals surface area contributed by atoms with Gasteiger partial charge in [-0.05, 0) is 80.4 Å². The van der Waals surface area contributed by atoms with E-state index in [4.69, 9.17) is 4.74 Å². The lowest BCUT2D eigenvalue weighted by Crippen LogP contribution is -2.31. The van der Waals surface area contributed by atoms with Crippen molar-refractivity contribution in [3.63, 3.8) is 0 Å². The van der Waals surface area contributed by atoms with Gasteiger partial charge in [0, 0.05) is 46.2 Å². The number of carbonyl (C=O) groups excluding carboxylic acids is 1. The van der Waals surface area contributed by atoms with Crippen LogP contribution < -0.4 is 4.90 Å². The van der Waals surface area contributed by atoms with Gasteiger partial charge in [-0.15, -0.1) is 15.9 Å². The molecule has 0 bridgehead atoms. The summed E-state index contributed by atoms with van der Waals surface area (Å²) >= 11 is 0. The molecule has 0 radical (unpaired) electrons. The number of para-hydroxylation sites is 1. The van der Waals surface area contributed by atoms with Gasteiger partial charge in [0.25, 0.3) is 0 Å². The Bertz CT molecular complexity index is 1640. The van der Waals surface area contributed by atoms with E-state index in [1.165, 1.54) is 0 Å². The van der Waals surface area contributed by atoms with Gasteiger partial charge in [-0.2, -0.15) is 4.31 Å². The van der Waals surface area contributed by atoms with Crippen molar-refractivity contribution in [1.82, 2.24) is 24.2 Å². The quantitative estimate of drug-likeness (QED) is 0.174. The fourth-order valence-corrected chi connectivity index (χ4v) is 7.62. The zero-order valence-electron chi connectivity index (χ0n) is 26.5. The van der Waals surface area contributed by atoms with Crippen molar-refractivity contribution in [3.8, 4) is 0 Å². The molecule has 4 aromatic rings. The molecule has 2 heterocycles. The molecule has 1 unspecified atom stereocenters. The number of aryl methyl sites for hydroxylation is 3. The van der Waals surface area contributed by atoms with Crippen molar-refractivity contribution < 1.29 is 18.6 Å². The molecule has 1 aromatic heterocycles. The van der Waals surface area contributed by atoms with Crippen LogP contribution in [0.4, 0.5) is 5.69 Å². The minimum atomic E-state index is -3.22. The number of carbonyl (C=O) groups is 1. The third-order valence-electron chi connectivity index (χ3n) is 8.58. The van der Waals surface area contributed by atoms with E-state index in [-0.39, 0.29) is 18.3 Å². The first-order valence-corrected chi connectivity index (χ1v) is 16.5. The zero-order valence-corrected chi connectivity index (χ0v) is 27.3. The van der Waals surface area contributed by atoms with Crippen molar-refractivity contribution in [2.45, 2.75) is 44.0 Å². The van der Waals surface area contributed by atoms with E-state index in [0.717, 1.165) is 57.5 Å². The molecule has 10 nitrogen and oxygen atoms in total. The predicted octanol–water partition coefficient (Wildman–Crippen LogP) is 5.58. The minimum Gasteiger partial charge on any atom is -0.466 e. The lowest BCUT2D eigenvalue weighted by atomic mass is 9.84. The fraction of sp³-hybridized carbons (Fsp3) is 0.424. The van der Waals surface area contributed by atoms with Gasteiger partial charge in [-0.3, -0.25) is 13.9 Å². The van der Waals surface area contributed by atoms with Crippen LogP contribution in [0.2, 0.25) is 0 Å². The number of ether oxygens (including phenoxy) is 1. The van der Waals surface area contributed by atoms with E-state index in [9.17, 15) is 13.9 Å². The summed E-state index contributed by atoms with van der Waals surface area (Å²) in [5.41, 5.74) is 7.52. The van der Waals surface area contributed by atoms with Crippen LogP contribution >= 0.6 is 10.8 Å². The number of hydrogen-bond acceptors (Lipinski definition) is 9. The SMILES string of the molecule is Cc1ccc(C(CC(=O)OCCCN(C)C)c2ccc3c(nnn3C)c2C)cc1CN1CCN(C)c2ccccc2S1(O)O. The Labute approximate surface area is 261 Å². The van der Waals surface area contributed by atoms with Crippen LogP contribution in [0, 0.1) is 13.8 Å². The molecule has 1 aliphatic rings. The number of fused-ring (bicyclic) bond motifs is 2. The third kappa shape index (κ3) is 6.62. The van der Waals surface area contributed by atoms with Gasteiger partial charge >= 0.3 is 5.97 Å². The first kappa shape index (κ1) is 31.9. The van der Waals surface area contributed by atoms with Gasteiger partial charge in [-0.1, -0.05) is 41.6 Å². The average Bonchev–Trinajstić information content (AvgIpc) is 3.34. The molecule has 0 fully saturated rings. The molecule has 0 saturated heterocycles. The van der Waals surface area contributed by atoms with Crippen LogP contribution in [0.25, 0.3) is 11.0 Å². The molecule has 11 heteroatoms. The molecular formula is C33H44N6O4S. The van der Waals surface area contributed by atoms with E-state index in [1.54, 1.807) is 15.1 Å². The maximum absolute atomic E-state index is 13.2. The second-order valence-electron chi connectivity index (χ2n) is 12.0. The van der Waals surface area contributed by atoms with Gasteiger partial charge in [-0.25, -0.2) is 4.68 Å². The standard InChI is InChI=1S/C33H44N6O4S/c1-23-12-13-25(20-26(23)22-39-18-17-37(5)29-10-7-8-11-31(29)44(39,41)42)28(21-32(40)43-19-9-16-36(3)4)27-14-15-30-33(24(27)2)34-35-38(30)6/h7-8,10-15,20,28,41-42H,9,16-19,21-22H2,1-6H3.